The Morgan fingerprint density at radius 2 is 2.11 bits per heavy atom. The van der Waals surface area contributed by atoms with Crippen LogP contribution in [0.25, 0.3) is 0 Å². The third-order valence-corrected chi connectivity index (χ3v) is 3.26. The highest BCUT2D eigenvalue weighted by atomic mass is 32.2. The number of amides is 1. The average molecular weight is 286 g/mol. The molecule has 2 N–H and O–H groups in total. The van der Waals surface area contributed by atoms with Gasteiger partial charge in [-0.15, -0.1) is 0 Å². The summed E-state index contributed by atoms with van der Waals surface area (Å²) < 4.78 is 21.8. The number of pyridine rings is 1. The molecule has 0 spiro atoms. The quantitative estimate of drug-likeness (QED) is 0.708. The van der Waals surface area contributed by atoms with Crippen LogP contribution in [-0.4, -0.2) is 48.9 Å². The topological polar surface area (TPSA) is 113 Å². The molecule has 0 saturated heterocycles. The van der Waals surface area contributed by atoms with Crippen molar-refractivity contribution in [1.82, 2.24) is 10.3 Å². The first-order valence-corrected chi connectivity index (χ1v) is 7.51. The number of carboxylic acids is 1. The van der Waals surface area contributed by atoms with Crippen LogP contribution < -0.4 is 5.32 Å². The number of hydrogen-bond donors (Lipinski definition) is 2. The first-order valence-electron chi connectivity index (χ1n) is 5.45. The Kier molecular flexibility index (Phi) is 4.99. The van der Waals surface area contributed by atoms with Gasteiger partial charge in [-0.25, -0.2) is 13.2 Å². The minimum atomic E-state index is -3.07. The fourth-order valence-corrected chi connectivity index (χ4v) is 2.05. The summed E-state index contributed by atoms with van der Waals surface area (Å²) in [5.74, 6) is -1.91. The highest BCUT2D eigenvalue weighted by Gasteiger charge is 2.17. The van der Waals surface area contributed by atoms with Gasteiger partial charge in [0.15, 0.2) is 0 Å². The molecule has 0 aliphatic heterocycles. The van der Waals surface area contributed by atoms with Crippen LogP contribution in [0.15, 0.2) is 18.3 Å². The molecule has 1 amide bonds. The number of aromatic carboxylic acids is 1. The number of carboxylic acid groups (broad SMARTS) is 1. The highest BCUT2D eigenvalue weighted by molar-refractivity contribution is 7.90. The van der Waals surface area contributed by atoms with Gasteiger partial charge in [0.2, 0.25) is 0 Å². The van der Waals surface area contributed by atoms with Crippen LogP contribution in [0.4, 0.5) is 0 Å². The minimum Gasteiger partial charge on any atom is -0.478 e. The third kappa shape index (κ3) is 5.04. The van der Waals surface area contributed by atoms with Crippen LogP contribution in [0.1, 0.15) is 27.3 Å². The molecule has 8 heteroatoms. The van der Waals surface area contributed by atoms with E-state index in [1.165, 1.54) is 18.3 Å². The molecule has 0 aliphatic rings. The van der Waals surface area contributed by atoms with Crippen molar-refractivity contribution in [1.29, 1.82) is 0 Å². The minimum absolute atomic E-state index is 0.0404. The molecule has 0 fully saturated rings. The van der Waals surface area contributed by atoms with Crippen molar-refractivity contribution in [2.45, 2.75) is 6.42 Å². The zero-order chi connectivity index (χ0) is 14.5. The van der Waals surface area contributed by atoms with Crippen LogP contribution in [0.5, 0.6) is 0 Å². The normalized spacial score (nSPS) is 11.0. The van der Waals surface area contributed by atoms with E-state index in [9.17, 15) is 18.0 Å². The van der Waals surface area contributed by atoms with Gasteiger partial charge in [0.05, 0.1) is 11.3 Å². The summed E-state index contributed by atoms with van der Waals surface area (Å²) in [6, 6.07) is 2.70. The smallest absolute Gasteiger partial charge is 0.338 e. The standard InChI is InChI=1S/C11H14N2O5S/c1-19(17,18)7-3-6-13-10(14)9-8(11(15)16)4-2-5-12-9/h2,4-5H,3,6-7H2,1H3,(H,13,14)(H,15,16). The first kappa shape index (κ1) is 15.1. The lowest BCUT2D eigenvalue weighted by Crippen LogP contribution is -2.28. The molecule has 1 heterocycles. The van der Waals surface area contributed by atoms with Crippen LogP contribution in [0, 0.1) is 0 Å². The van der Waals surface area contributed by atoms with Crippen LogP contribution in [0.2, 0.25) is 0 Å². The van der Waals surface area contributed by atoms with E-state index in [1.54, 1.807) is 0 Å². The van der Waals surface area contributed by atoms with Gasteiger partial charge in [-0.2, -0.15) is 0 Å². The van der Waals surface area contributed by atoms with Crippen molar-refractivity contribution in [3.8, 4) is 0 Å². The van der Waals surface area contributed by atoms with Gasteiger partial charge < -0.3 is 10.4 Å². The molecule has 0 atom stereocenters. The van der Waals surface area contributed by atoms with E-state index < -0.39 is 21.7 Å². The highest BCUT2D eigenvalue weighted by Crippen LogP contribution is 2.05. The van der Waals surface area contributed by atoms with E-state index >= 15 is 0 Å². The molecular weight excluding hydrogens is 272 g/mol. The number of carbonyl (C=O) groups is 2. The molecular formula is C11H14N2O5S. The van der Waals surface area contributed by atoms with E-state index in [0.29, 0.717) is 0 Å². The maximum Gasteiger partial charge on any atom is 0.338 e. The predicted octanol–water partition coefficient (Wildman–Crippen LogP) is -0.0557. The molecule has 19 heavy (non-hydrogen) atoms. The molecule has 0 unspecified atom stereocenters. The van der Waals surface area contributed by atoms with E-state index in [1.807, 2.05) is 0 Å². The Labute approximate surface area is 110 Å². The Morgan fingerprint density at radius 3 is 2.68 bits per heavy atom. The Balaban J connectivity index is 2.62. The van der Waals surface area contributed by atoms with Crippen molar-refractivity contribution >= 4 is 21.7 Å². The van der Waals surface area contributed by atoms with Gasteiger partial charge in [-0.3, -0.25) is 9.78 Å². The lowest BCUT2D eigenvalue weighted by Gasteiger charge is -2.06. The predicted molar refractivity (Wildman–Crippen MR) is 67.9 cm³/mol. The van der Waals surface area contributed by atoms with Crippen LogP contribution >= 0.6 is 0 Å². The zero-order valence-corrected chi connectivity index (χ0v) is 11.1. The number of hydrogen-bond acceptors (Lipinski definition) is 5. The van der Waals surface area contributed by atoms with Gasteiger partial charge in [-0.05, 0) is 18.6 Å². The molecule has 0 saturated carbocycles. The number of nitrogens with zero attached hydrogens (tertiary/aromatic N) is 1. The fourth-order valence-electron chi connectivity index (χ4n) is 1.38. The number of nitrogens with one attached hydrogen (secondary N) is 1. The molecule has 1 aromatic heterocycles. The molecule has 0 aromatic carbocycles. The second-order valence-electron chi connectivity index (χ2n) is 3.94. The monoisotopic (exact) mass is 286 g/mol. The van der Waals surface area contributed by atoms with Crippen molar-refractivity contribution in [2.24, 2.45) is 0 Å². The van der Waals surface area contributed by atoms with Gasteiger partial charge in [0.1, 0.15) is 15.5 Å². The van der Waals surface area contributed by atoms with Crippen LogP contribution in [0.3, 0.4) is 0 Å². The lowest BCUT2D eigenvalue weighted by atomic mass is 10.2. The summed E-state index contributed by atoms with van der Waals surface area (Å²) in [6.45, 7) is 0.140. The van der Waals surface area contributed by atoms with Crippen molar-refractivity contribution in [3.05, 3.63) is 29.6 Å². The SMILES string of the molecule is CS(=O)(=O)CCCNC(=O)c1ncccc1C(=O)O. The summed E-state index contributed by atoms with van der Waals surface area (Å²) in [6.07, 6.45) is 2.69. The maximum absolute atomic E-state index is 11.7. The lowest BCUT2D eigenvalue weighted by molar-refractivity contribution is 0.0690. The number of rotatable bonds is 6. The largest absolute Gasteiger partial charge is 0.478 e. The van der Waals surface area contributed by atoms with Gasteiger partial charge in [-0.1, -0.05) is 0 Å². The summed E-state index contributed by atoms with van der Waals surface area (Å²) >= 11 is 0. The average Bonchev–Trinajstić information content (AvgIpc) is 2.33. The summed E-state index contributed by atoms with van der Waals surface area (Å²) in [5, 5.41) is 11.3. The van der Waals surface area contributed by atoms with E-state index in [-0.39, 0.29) is 30.0 Å². The second kappa shape index (κ2) is 6.28. The number of sulfone groups is 1. The van der Waals surface area contributed by atoms with Crippen LogP contribution in [-0.2, 0) is 9.84 Å². The van der Waals surface area contributed by atoms with E-state index in [2.05, 4.69) is 10.3 Å². The Bertz CT molecular complexity index is 583. The van der Waals surface area contributed by atoms with E-state index in [4.69, 9.17) is 5.11 Å². The van der Waals surface area contributed by atoms with Gasteiger partial charge >= 0.3 is 5.97 Å². The molecule has 1 rings (SSSR count). The third-order valence-electron chi connectivity index (χ3n) is 2.23. The molecule has 1 aromatic rings. The van der Waals surface area contributed by atoms with E-state index in [0.717, 1.165) is 6.26 Å². The maximum atomic E-state index is 11.7. The fraction of sp³-hybridized carbons (Fsp3) is 0.364. The second-order valence-corrected chi connectivity index (χ2v) is 6.20. The Hall–Kier alpha value is -1.96. The molecule has 0 bridgehead atoms. The zero-order valence-electron chi connectivity index (χ0n) is 10.3. The van der Waals surface area contributed by atoms with Crippen molar-refractivity contribution < 1.29 is 23.1 Å². The summed E-state index contributed by atoms with van der Waals surface area (Å²) in [7, 11) is -3.07. The summed E-state index contributed by atoms with van der Waals surface area (Å²) in [4.78, 5) is 26.3. The first-order chi connectivity index (χ1) is 8.81. The molecule has 7 nitrogen and oxygen atoms in total. The molecule has 104 valence electrons. The summed E-state index contributed by atoms with van der Waals surface area (Å²) in [5.41, 5.74) is -0.377. The Morgan fingerprint density at radius 1 is 1.42 bits per heavy atom. The molecule has 0 aliphatic carbocycles. The van der Waals surface area contributed by atoms with Gasteiger partial charge in [0.25, 0.3) is 5.91 Å². The number of carbonyl (C=O) groups excluding carboxylic acids is 1. The number of aromatic nitrogens is 1. The van der Waals surface area contributed by atoms with Gasteiger partial charge in [0, 0.05) is 19.0 Å². The molecule has 0 radical (unpaired) electrons. The van der Waals surface area contributed by atoms with Crippen molar-refractivity contribution in [3.63, 3.8) is 0 Å². The van der Waals surface area contributed by atoms with Crippen molar-refractivity contribution in [2.75, 3.05) is 18.6 Å².